The monoisotopic (exact) mass is 512 g/mol. The van der Waals surface area contributed by atoms with Gasteiger partial charge in [-0.25, -0.2) is 0 Å². The van der Waals surface area contributed by atoms with Gasteiger partial charge >= 0.3 is 0 Å². The third kappa shape index (κ3) is 5.14. The normalized spacial score (nSPS) is 20.1. The van der Waals surface area contributed by atoms with E-state index in [-0.39, 0.29) is 24.0 Å². The number of amides is 1. The van der Waals surface area contributed by atoms with Crippen molar-refractivity contribution in [3.05, 3.63) is 94.8 Å². The summed E-state index contributed by atoms with van der Waals surface area (Å²) in [6.07, 6.45) is 5.00. The average Bonchev–Trinajstić information content (AvgIpc) is 3.40. The van der Waals surface area contributed by atoms with Crippen LogP contribution in [0.2, 0.25) is 0 Å². The molecule has 1 fully saturated rings. The Balaban J connectivity index is 1.57. The van der Waals surface area contributed by atoms with Crippen LogP contribution < -0.4 is 9.47 Å². The second-order valence-corrected chi connectivity index (χ2v) is 10.3. The van der Waals surface area contributed by atoms with Crippen LogP contribution in [0.1, 0.15) is 55.5 Å². The predicted molar refractivity (Wildman–Crippen MR) is 144 cm³/mol. The largest absolute Gasteiger partial charge is 0.507 e. The molecule has 0 spiro atoms. The van der Waals surface area contributed by atoms with E-state index in [1.807, 2.05) is 43.3 Å². The summed E-state index contributed by atoms with van der Waals surface area (Å²) < 4.78 is 11.8. The molecule has 3 heterocycles. The molecule has 38 heavy (non-hydrogen) atoms. The molecule has 0 aliphatic carbocycles. The number of rotatable bonds is 8. The topological polar surface area (TPSA) is 89.0 Å². The number of ketones is 1. The minimum atomic E-state index is -0.785. The van der Waals surface area contributed by atoms with Crippen LogP contribution in [0.4, 0.5) is 0 Å². The first-order valence-electron chi connectivity index (χ1n) is 13.0. The zero-order valence-corrected chi connectivity index (χ0v) is 21.9. The lowest BCUT2D eigenvalue weighted by atomic mass is 9.94. The summed E-state index contributed by atoms with van der Waals surface area (Å²) in [5, 5.41) is 11.5. The Kier molecular flexibility index (Phi) is 7.18. The smallest absolute Gasteiger partial charge is 0.295 e. The number of aliphatic hydroxyl groups excluding tert-OH is 1. The van der Waals surface area contributed by atoms with E-state index < -0.39 is 17.7 Å². The van der Waals surface area contributed by atoms with Crippen molar-refractivity contribution in [1.82, 2.24) is 9.88 Å². The van der Waals surface area contributed by atoms with Crippen molar-refractivity contribution in [1.29, 1.82) is 0 Å². The Bertz CT molecular complexity index is 1380. The first kappa shape index (κ1) is 25.5. The van der Waals surface area contributed by atoms with E-state index in [1.165, 1.54) is 4.90 Å². The van der Waals surface area contributed by atoms with Gasteiger partial charge in [0.25, 0.3) is 11.7 Å². The molecule has 0 saturated carbocycles. The van der Waals surface area contributed by atoms with E-state index >= 15 is 0 Å². The molecule has 3 aromatic rings. The van der Waals surface area contributed by atoms with Gasteiger partial charge < -0.3 is 19.5 Å². The summed E-state index contributed by atoms with van der Waals surface area (Å²) in [7, 11) is 0. The molecule has 0 bridgehead atoms. The molecule has 1 amide bonds. The number of hydrogen-bond donors (Lipinski definition) is 1. The van der Waals surface area contributed by atoms with E-state index in [2.05, 4.69) is 18.8 Å². The van der Waals surface area contributed by atoms with Crippen molar-refractivity contribution in [3.8, 4) is 11.5 Å². The van der Waals surface area contributed by atoms with Crippen molar-refractivity contribution < 1.29 is 24.2 Å². The molecule has 0 radical (unpaired) electrons. The van der Waals surface area contributed by atoms with Gasteiger partial charge in [0.05, 0.1) is 18.2 Å². The number of aliphatic hydroxyl groups is 1. The molecule has 7 heteroatoms. The highest BCUT2D eigenvalue weighted by molar-refractivity contribution is 6.46. The molecule has 1 N–H and O–H groups in total. The average molecular weight is 513 g/mol. The Labute approximate surface area is 222 Å². The van der Waals surface area contributed by atoms with Crippen molar-refractivity contribution in [2.75, 3.05) is 6.61 Å². The Morgan fingerprint density at radius 3 is 2.76 bits per heavy atom. The Morgan fingerprint density at radius 2 is 2.00 bits per heavy atom. The lowest BCUT2D eigenvalue weighted by molar-refractivity contribution is -0.140. The summed E-state index contributed by atoms with van der Waals surface area (Å²) in [5.41, 5.74) is 2.98. The molecular weight excluding hydrogens is 480 g/mol. The van der Waals surface area contributed by atoms with Gasteiger partial charge in [-0.2, -0.15) is 0 Å². The number of fused-ring (bicyclic) bond motifs is 1. The fourth-order valence-corrected chi connectivity index (χ4v) is 4.99. The highest BCUT2D eigenvalue weighted by atomic mass is 16.5. The SMILES string of the molecule is CC(C)CCOc1cccc(C2/C(=C(/O)c3ccc4c(c3)CC(C)O4)C(=O)C(=O)N2Cc2cccnc2)c1. The number of nitrogens with zero attached hydrogens (tertiary/aromatic N) is 2. The van der Waals surface area contributed by atoms with Crippen LogP contribution >= 0.6 is 0 Å². The van der Waals surface area contributed by atoms with Crippen LogP contribution in [0.3, 0.4) is 0 Å². The molecule has 1 saturated heterocycles. The van der Waals surface area contributed by atoms with E-state index in [1.54, 1.807) is 30.6 Å². The lowest BCUT2D eigenvalue weighted by Crippen LogP contribution is -2.29. The van der Waals surface area contributed by atoms with Crippen LogP contribution in [0, 0.1) is 5.92 Å². The maximum absolute atomic E-state index is 13.4. The number of likely N-dealkylation sites (tertiary alicyclic amines) is 1. The van der Waals surface area contributed by atoms with Crippen LogP contribution in [0.5, 0.6) is 11.5 Å². The second-order valence-electron chi connectivity index (χ2n) is 10.3. The highest BCUT2D eigenvalue weighted by Gasteiger charge is 2.46. The van der Waals surface area contributed by atoms with Crippen molar-refractivity contribution in [2.24, 2.45) is 5.92 Å². The summed E-state index contributed by atoms with van der Waals surface area (Å²) >= 11 is 0. The van der Waals surface area contributed by atoms with Gasteiger partial charge in [0.15, 0.2) is 0 Å². The third-order valence-corrected chi connectivity index (χ3v) is 6.92. The Hall–Kier alpha value is -4.13. The molecule has 2 aromatic carbocycles. The maximum Gasteiger partial charge on any atom is 0.295 e. The molecule has 2 aliphatic rings. The highest BCUT2D eigenvalue weighted by Crippen LogP contribution is 2.42. The van der Waals surface area contributed by atoms with Gasteiger partial charge in [0, 0.05) is 30.9 Å². The van der Waals surface area contributed by atoms with Gasteiger partial charge in [-0.15, -0.1) is 0 Å². The van der Waals surface area contributed by atoms with E-state index in [9.17, 15) is 14.7 Å². The molecule has 1 aromatic heterocycles. The number of hydrogen-bond acceptors (Lipinski definition) is 6. The molecule has 5 rings (SSSR count). The van der Waals surface area contributed by atoms with Gasteiger partial charge in [0.1, 0.15) is 23.4 Å². The van der Waals surface area contributed by atoms with Gasteiger partial charge in [0.2, 0.25) is 0 Å². The lowest BCUT2D eigenvalue weighted by Gasteiger charge is -2.25. The van der Waals surface area contributed by atoms with Gasteiger partial charge in [-0.05, 0) is 72.4 Å². The summed E-state index contributed by atoms with van der Waals surface area (Å²) in [4.78, 5) is 32.5. The number of carbonyl (C=O) groups is 2. The number of aromatic nitrogens is 1. The fraction of sp³-hybridized carbons (Fsp3) is 0.323. The van der Waals surface area contributed by atoms with Crippen LogP contribution in [-0.4, -0.2) is 39.4 Å². The third-order valence-electron chi connectivity index (χ3n) is 6.92. The maximum atomic E-state index is 13.4. The van der Waals surface area contributed by atoms with Crippen LogP contribution in [0.25, 0.3) is 5.76 Å². The zero-order chi connectivity index (χ0) is 26.8. The fourth-order valence-electron chi connectivity index (χ4n) is 4.99. The predicted octanol–water partition coefficient (Wildman–Crippen LogP) is 5.45. The van der Waals surface area contributed by atoms with Crippen molar-refractivity contribution in [2.45, 2.75) is 52.3 Å². The zero-order valence-electron chi connectivity index (χ0n) is 21.9. The molecule has 7 nitrogen and oxygen atoms in total. The number of benzene rings is 2. The van der Waals surface area contributed by atoms with Crippen LogP contribution in [0.15, 0.2) is 72.6 Å². The quantitative estimate of drug-likeness (QED) is 0.245. The van der Waals surface area contributed by atoms with Gasteiger partial charge in [-0.1, -0.05) is 32.0 Å². The molecular formula is C31H32N2O5. The number of carbonyl (C=O) groups excluding carboxylic acids is 2. The minimum Gasteiger partial charge on any atom is -0.507 e. The molecule has 196 valence electrons. The standard InChI is InChI=1S/C31H32N2O5/c1-19(2)11-13-37-25-8-4-7-22(16-25)28-27(29(34)23-9-10-26-24(15-23)14-20(3)38-26)30(35)31(36)33(28)18-21-6-5-12-32-17-21/h4-10,12,15-17,19-20,28,34H,11,13-14,18H2,1-3H3/b29-27-. The van der Waals surface area contributed by atoms with E-state index in [0.29, 0.717) is 35.8 Å². The Morgan fingerprint density at radius 1 is 1.16 bits per heavy atom. The first-order valence-corrected chi connectivity index (χ1v) is 13.0. The number of ether oxygens (including phenoxy) is 2. The summed E-state index contributed by atoms with van der Waals surface area (Å²) in [6, 6.07) is 15.6. The molecule has 2 unspecified atom stereocenters. The minimum absolute atomic E-state index is 0.0471. The van der Waals surface area contributed by atoms with Crippen molar-refractivity contribution >= 4 is 17.4 Å². The van der Waals surface area contributed by atoms with E-state index in [0.717, 1.165) is 23.3 Å². The summed E-state index contributed by atoms with van der Waals surface area (Å²) in [5.74, 6) is 0.353. The molecule has 2 atom stereocenters. The molecule has 2 aliphatic heterocycles. The van der Waals surface area contributed by atoms with Crippen molar-refractivity contribution in [3.63, 3.8) is 0 Å². The number of Topliss-reactive ketones (excluding diaryl/α,β-unsaturated/α-hetero) is 1. The van der Waals surface area contributed by atoms with Crippen LogP contribution in [-0.2, 0) is 22.6 Å². The first-order chi connectivity index (χ1) is 18.3. The van der Waals surface area contributed by atoms with Gasteiger partial charge in [-0.3, -0.25) is 14.6 Å². The summed E-state index contributed by atoms with van der Waals surface area (Å²) in [6.45, 7) is 7.00. The van der Waals surface area contributed by atoms with E-state index in [4.69, 9.17) is 9.47 Å². The second kappa shape index (κ2) is 10.7. The number of pyridine rings is 1.